The Morgan fingerprint density at radius 2 is 1.20 bits per heavy atom. The molecular formula is C39H34BNO2S. The van der Waals surface area contributed by atoms with Gasteiger partial charge < -0.3 is 14.4 Å². The van der Waals surface area contributed by atoms with Gasteiger partial charge in [-0.2, -0.15) is 0 Å². The summed E-state index contributed by atoms with van der Waals surface area (Å²) in [4.78, 5) is 4.83. The molecule has 0 bridgehead atoms. The second-order valence-electron chi connectivity index (χ2n) is 14.1. The largest absolute Gasteiger partial charge is 0.458 e. The van der Waals surface area contributed by atoms with E-state index in [2.05, 4.69) is 131 Å². The van der Waals surface area contributed by atoms with Crippen LogP contribution < -0.4 is 30.8 Å². The second-order valence-corrected chi connectivity index (χ2v) is 15.2. The van der Waals surface area contributed by atoms with Crippen LogP contribution >= 0.6 is 11.8 Å². The average Bonchev–Trinajstić information content (AvgIpc) is 3.01. The van der Waals surface area contributed by atoms with Crippen LogP contribution in [0.25, 0.3) is 0 Å². The van der Waals surface area contributed by atoms with Gasteiger partial charge in [-0.15, -0.1) is 0 Å². The second kappa shape index (κ2) is 8.98. The van der Waals surface area contributed by atoms with Gasteiger partial charge in [-0.25, -0.2) is 0 Å². The van der Waals surface area contributed by atoms with Crippen molar-refractivity contribution in [2.24, 2.45) is 0 Å². The number of hydrogen-bond acceptors (Lipinski definition) is 4. The van der Waals surface area contributed by atoms with Crippen LogP contribution in [0.2, 0.25) is 0 Å². The zero-order chi connectivity index (χ0) is 30.0. The number of rotatable bonds is 1. The molecule has 0 saturated carbocycles. The van der Waals surface area contributed by atoms with Crippen molar-refractivity contribution in [3.05, 3.63) is 108 Å². The van der Waals surface area contributed by atoms with Crippen LogP contribution in [0.15, 0.2) is 101 Å². The van der Waals surface area contributed by atoms with Crippen LogP contribution in [0.3, 0.4) is 0 Å². The van der Waals surface area contributed by atoms with E-state index >= 15 is 0 Å². The summed E-state index contributed by atoms with van der Waals surface area (Å²) in [7, 11) is 0. The Balaban J connectivity index is 1.30. The highest BCUT2D eigenvalue weighted by Crippen LogP contribution is 2.53. The van der Waals surface area contributed by atoms with E-state index in [1.165, 1.54) is 61.6 Å². The third-order valence-electron chi connectivity index (χ3n) is 10.3. The van der Waals surface area contributed by atoms with Crippen LogP contribution in [-0.4, -0.2) is 6.71 Å². The molecule has 0 unspecified atom stereocenters. The first-order chi connectivity index (χ1) is 21.2. The molecule has 5 aromatic carbocycles. The third kappa shape index (κ3) is 3.72. The lowest BCUT2D eigenvalue weighted by molar-refractivity contribution is 0.330. The van der Waals surface area contributed by atoms with E-state index in [9.17, 15) is 0 Å². The first-order valence-electron chi connectivity index (χ1n) is 15.7. The van der Waals surface area contributed by atoms with Gasteiger partial charge in [0.25, 0.3) is 6.71 Å². The zero-order valence-corrected chi connectivity index (χ0v) is 26.6. The van der Waals surface area contributed by atoms with Crippen molar-refractivity contribution in [1.29, 1.82) is 0 Å². The van der Waals surface area contributed by atoms with Crippen LogP contribution in [0.5, 0.6) is 23.0 Å². The number of para-hydroxylation sites is 2. The first kappa shape index (κ1) is 26.3. The van der Waals surface area contributed by atoms with Crippen LogP contribution in [0.1, 0.15) is 57.2 Å². The van der Waals surface area contributed by atoms with Crippen LogP contribution in [0.4, 0.5) is 17.1 Å². The summed E-state index contributed by atoms with van der Waals surface area (Å²) in [5.41, 5.74) is 11.3. The van der Waals surface area contributed by atoms with Crippen molar-refractivity contribution in [3.63, 3.8) is 0 Å². The number of aryl methyl sites for hydroxylation is 1. The van der Waals surface area contributed by atoms with Gasteiger partial charge in [-0.05, 0) is 89.0 Å². The summed E-state index contributed by atoms with van der Waals surface area (Å²) in [6, 6.07) is 33.2. The maximum atomic E-state index is 6.99. The molecule has 9 rings (SSSR count). The predicted molar refractivity (Wildman–Crippen MR) is 183 cm³/mol. The van der Waals surface area contributed by atoms with E-state index in [-0.39, 0.29) is 17.5 Å². The highest BCUT2D eigenvalue weighted by atomic mass is 32.2. The summed E-state index contributed by atoms with van der Waals surface area (Å²) in [6.07, 6.45) is 2.35. The van der Waals surface area contributed by atoms with Gasteiger partial charge in [-0.3, -0.25) is 0 Å². The van der Waals surface area contributed by atoms with Gasteiger partial charge in [0.1, 0.15) is 23.0 Å². The number of ether oxygens (including phenoxy) is 2. The van der Waals surface area contributed by atoms with Crippen LogP contribution in [-0.2, 0) is 10.8 Å². The minimum absolute atomic E-state index is 0.0454. The Morgan fingerprint density at radius 3 is 1.86 bits per heavy atom. The SMILES string of the molecule is Cc1ccc2c(c1)B1c3cc4c(cc3Oc3cc(N5c6ccccc6Sc6ccccc65)cc(c31)O2)C(C)(C)CCC4(C)C. The van der Waals surface area contributed by atoms with Crippen molar-refractivity contribution in [2.45, 2.75) is 68.1 Å². The molecular weight excluding hydrogens is 557 g/mol. The summed E-state index contributed by atoms with van der Waals surface area (Å²) in [6.45, 7) is 11.8. The fourth-order valence-electron chi connectivity index (χ4n) is 7.78. The van der Waals surface area contributed by atoms with Gasteiger partial charge >= 0.3 is 0 Å². The van der Waals surface area contributed by atoms with E-state index in [1.807, 2.05) is 11.8 Å². The monoisotopic (exact) mass is 591 g/mol. The Bertz CT molecular complexity index is 2000. The molecule has 3 nitrogen and oxygen atoms in total. The van der Waals surface area contributed by atoms with E-state index in [0.29, 0.717) is 0 Å². The number of hydrogen-bond donors (Lipinski definition) is 0. The van der Waals surface area contributed by atoms with Gasteiger partial charge in [-0.1, -0.05) is 87.5 Å². The lowest BCUT2D eigenvalue weighted by atomic mass is 9.34. The molecule has 3 heterocycles. The molecule has 1 aliphatic carbocycles. The molecule has 5 aromatic rings. The Morgan fingerprint density at radius 1 is 0.636 bits per heavy atom. The lowest BCUT2D eigenvalue weighted by Crippen LogP contribution is -2.58. The number of fused-ring (bicyclic) bond motifs is 7. The summed E-state index contributed by atoms with van der Waals surface area (Å²) in [5.74, 6) is 3.65. The zero-order valence-electron chi connectivity index (χ0n) is 25.8. The normalized spacial score (nSPS) is 17.6. The molecule has 0 saturated heterocycles. The van der Waals surface area contributed by atoms with E-state index in [0.717, 1.165) is 34.1 Å². The maximum Gasteiger partial charge on any atom is 0.260 e. The smallest absolute Gasteiger partial charge is 0.260 e. The molecule has 0 amide bonds. The Hall–Kier alpha value is -4.09. The molecule has 3 aliphatic heterocycles. The molecule has 5 heteroatoms. The molecule has 0 atom stereocenters. The van der Waals surface area contributed by atoms with Gasteiger partial charge in [0.15, 0.2) is 0 Å². The molecule has 44 heavy (non-hydrogen) atoms. The van der Waals surface area contributed by atoms with Crippen molar-refractivity contribution >= 4 is 51.9 Å². The minimum atomic E-state index is 0.0454. The van der Waals surface area contributed by atoms with Crippen molar-refractivity contribution in [1.82, 2.24) is 0 Å². The Kier molecular flexibility index (Phi) is 5.38. The molecule has 4 aliphatic rings. The van der Waals surface area contributed by atoms with Crippen molar-refractivity contribution in [3.8, 4) is 23.0 Å². The topological polar surface area (TPSA) is 21.7 Å². The van der Waals surface area contributed by atoms with Gasteiger partial charge in [0, 0.05) is 27.4 Å². The highest BCUT2D eigenvalue weighted by molar-refractivity contribution is 7.99. The fraction of sp³-hybridized carbons (Fsp3) is 0.231. The molecule has 216 valence electrons. The average molecular weight is 592 g/mol. The predicted octanol–water partition coefficient (Wildman–Crippen LogP) is 9.01. The summed E-state index contributed by atoms with van der Waals surface area (Å²) < 4.78 is 13.8. The summed E-state index contributed by atoms with van der Waals surface area (Å²) >= 11 is 1.82. The molecule has 0 spiro atoms. The highest BCUT2D eigenvalue weighted by Gasteiger charge is 2.44. The molecule has 0 radical (unpaired) electrons. The third-order valence-corrected chi connectivity index (χ3v) is 11.4. The molecule has 0 N–H and O–H groups in total. The van der Waals surface area contributed by atoms with E-state index in [1.54, 1.807) is 0 Å². The van der Waals surface area contributed by atoms with Gasteiger partial charge in [0.2, 0.25) is 0 Å². The fourth-order valence-corrected chi connectivity index (χ4v) is 8.84. The number of anilines is 3. The first-order valence-corrected chi connectivity index (χ1v) is 16.5. The van der Waals surface area contributed by atoms with E-state index in [4.69, 9.17) is 9.47 Å². The van der Waals surface area contributed by atoms with Crippen molar-refractivity contribution < 1.29 is 9.47 Å². The lowest BCUT2D eigenvalue weighted by Gasteiger charge is -2.43. The van der Waals surface area contributed by atoms with Crippen LogP contribution in [0, 0.1) is 6.92 Å². The Labute approximate surface area is 264 Å². The summed E-state index contributed by atoms with van der Waals surface area (Å²) in [5, 5.41) is 0. The maximum absolute atomic E-state index is 6.99. The minimum Gasteiger partial charge on any atom is -0.458 e. The molecule has 0 fully saturated rings. The van der Waals surface area contributed by atoms with E-state index < -0.39 is 0 Å². The van der Waals surface area contributed by atoms with Gasteiger partial charge in [0.05, 0.1) is 17.1 Å². The quantitative estimate of drug-likeness (QED) is 0.178. The molecule has 0 aromatic heterocycles. The number of benzene rings is 5. The van der Waals surface area contributed by atoms with Crippen molar-refractivity contribution in [2.75, 3.05) is 4.90 Å². The number of nitrogens with zero attached hydrogens (tertiary/aromatic N) is 1. The standard InChI is InChI=1S/C39H34BNO2S/c1-23-14-15-31-27(18-23)40-28-21-25-26(39(4,5)17-16-38(25,2)3)22-32(28)43-34-20-24(19-33(42-31)37(34)40)41-29-10-6-8-12-35(29)44-36-13-9-7-11-30(36)41/h6-15,18-22H,16-17H2,1-5H3.